The molecule has 2 aromatic rings. The summed E-state index contributed by atoms with van der Waals surface area (Å²) in [6, 6.07) is 7.48. The number of carbonyl (C=O) groups is 1. The first-order chi connectivity index (χ1) is 11.2. The van der Waals surface area contributed by atoms with E-state index in [2.05, 4.69) is 15.5 Å². The van der Waals surface area contributed by atoms with Crippen LogP contribution in [0.3, 0.4) is 0 Å². The van der Waals surface area contributed by atoms with Gasteiger partial charge in [0.15, 0.2) is 5.16 Å². The van der Waals surface area contributed by atoms with E-state index in [1.165, 1.54) is 7.05 Å². The molecule has 0 saturated carbocycles. The van der Waals surface area contributed by atoms with Gasteiger partial charge in [0.05, 0.1) is 11.8 Å². The van der Waals surface area contributed by atoms with Crippen molar-refractivity contribution in [3.8, 4) is 0 Å². The average molecular weight is 358 g/mol. The number of thioether (sulfide) groups is 1. The Morgan fingerprint density at radius 2 is 2.00 bits per heavy atom. The number of nitrogens with one attached hydrogen (secondary N) is 1. The Labute approximate surface area is 141 Å². The van der Waals surface area contributed by atoms with E-state index in [4.69, 9.17) is 0 Å². The smallest absolute Gasteiger partial charge is 0.349 e. The molecule has 0 aliphatic heterocycles. The van der Waals surface area contributed by atoms with E-state index in [0.717, 1.165) is 27.5 Å². The molecule has 0 fully saturated rings. The zero-order chi connectivity index (χ0) is 17.9. The van der Waals surface area contributed by atoms with Crippen LogP contribution in [0.15, 0.2) is 29.4 Å². The van der Waals surface area contributed by atoms with Gasteiger partial charge in [-0.15, -0.1) is 10.2 Å². The number of hydrogen-bond acceptors (Lipinski definition) is 4. The van der Waals surface area contributed by atoms with Crippen LogP contribution in [0.2, 0.25) is 0 Å². The highest BCUT2D eigenvalue weighted by molar-refractivity contribution is 7.99. The molecule has 0 spiro atoms. The van der Waals surface area contributed by atoms with Crippen LogP contribution in [0.1, 0.15) is 29.9 Å². The maximum Gasteiger partial charge on any atom is 0.451 e. The number of rotatable bonds is 5. The summed E-state index contributed by atoms with van der Waals surface area (Å²) < 4.78 is 38.8. The van der Waals surface area contributed by atoms with Crippen LogP contribution in [0.4, 0.5) is 13.2 Å². The van der Waals surface area contributed by atoms with Gasteiger partial charge in [-0.25, -0.2) is 0 Å². The van der Waals surface area contributed by atoms with Crippen LogP contribution in [0, 0.1) is 6.92 Å². The quantitative estimate of drug-likeness (QED) is 0.835. The molecule has 130 valence electrons. The van der Waals surface area contributed by atoms with E-state index in [9.17, 15) is 18.0 Å². The van der Waals surface area contributed by atoms with Crippen molar-refractivity contribution >= 4 is 17.7 Å². The number of aryl methyl sites for hydroxylation is 1. The van der Waals surface area contributed by atoms with E-state index in [1.807, 2.05) is 38.1 Å². The van der Waals surface area contributed by atoms with Gasteiger partial charge < -0.3 is 9.88 Å². The molecule has 2 rings (SSSR count). The minimum absolute atomic E-state index is 0.0416. The molecular formula is C15H17F3N4OS. The number of alkyl halides is 3. The lowest BCUT2D eigenvalue weighted by Crippen LogP contribution is -2.28. The fourth-order valence-corrected chi connectivity index (χ4v) is 2.97. The van der Waals surface area contributed by atoms with Crippen molar-refractivity contribution in [2.75, 3.05) is 5.75 Å². The van der Waals surface area contributed by atoms with E-state index < -0.39 is 12.0 Å². The third-order valence-corrected chi connectivity index (χ3v) is 4.47. The Bertz CT molecular complexity index is 730. The molecule has 0 aliphatic carbocycles. The van der Waals surface area contributed by atoms with Gasteiger partial charge in [0.2, 0.25) is 11.7 Å². The van der Waals surface area contributed by atoms with Gasteiger partial charge in [0.25, 0.3) is 0 Å². The van der Waals surface area contributed by atoms with Gasteiger partial charge in [-0.3, -0.25) is 4.79 Å². The van der Waals surface area contributed by atoms with Gasteiger partial charge >= 0.3 is 6.18 Å². The molecule has 1 N–H and O–H groups in total. The van der Waals surface area contributed by atoms with Crippen molar-refractivity contribution in [1.29, 1.82) is 0 Å². The predicted molar refractivity (Wildman–Crippen MR) is 84.5 cm³/mol. The van der Waals surface area contributed by atoms with Crippen LogP contribution in [-0.4, -0.2) is 26.4 Å². The first-order valence-corrected chi connectivity index (χ1v) is 8.13. The summed E-state index contributed by atoms with van der Waals surface area (Å²) in [5.74, 6) is -1.41. The molecule has 1 atom stereocenters. The van der Waals surface area contributed by atoms with Crippen LogP contribution in [0.5, 0.6) is 0 Å². The van der Waals surface area contributed by atoms with Crippen LogP contribution >= 0.6 is 11.8 Å². The lowest BCUT2D eigenvalue weighted by molar-refractivity contribution is -0.147. The maximum atomic E-state index is 12.6. The second-order valence-electron chi connectivity index (χ2n) is 5.30. The standard InChI is InChI=1S/C15H17F3N4OS/c1-9-6-4-5-7-11(9)10(2)19-12(23)8-24-14-21-20-13(22(14)3)15(16,17)18/h4-7,10H,8H2,1-3H3,(H,19,23). The number of halogens is 3. The molecule has 1 heterocycles. The molecular weight excluding hydrogens is 341 g/mol. The first-order valence-electron chi connectivity index (χ1n) is 7.14. The normalized spacial score (nSPS) is 12.9. The first kappa shape index (κ1) is 18.3. The second kappa shape index (κ2) is 7.25. The fraction of sp³-hybridized carbons (Fsp3) is 0.400. The Hall–Kier alpha value is -2.03. The molecule has 0 bridgehead atoms. The summed E-state index contributed by atoms with van der Waals surface area (Å²) in [5, 5.41) is 9.47. The van der Waals surface area contributed by atoms with Crippen molar-refractivity contribution in [3.63, 3.8) is 0 Å². The van der Waals surface area contributed by atoms with Crippen molar-refractivity contribution in [2.45, 2.75) is 31.2 Å². The molecule has 24 heavy (non-hydrogen) atoms. The summed E-state index contributed by atoms with van der Waals surface area (Å²) in [6.07, 6.45) is -4.57. The maximum absolute atomic E-state index is 12.6. The Morgan fingerprint density at radius 3 is 2.58 bits per heavy atom. The minimum Gasteiger partial charge on any atom is -0.349 e. The molecule has 0 saturated heterocycles. The summed E-state index contributed by atoms with van der Waals surface area (Å²) >= 11 is 0.911. The largest absolute Gasteiger partial charge is 0.451 e. The van der Waals surface area contributed by atoms with Crippen molar-refractivity contribution in [3.05, 3.63) is 41.2 Å². The fourth-order valence-electron chi connectivity index (χ4n) is 2.25. The summed E-state index contributed by atoms with van der Waals surface area (Å²) in [7, 11) is 1.22. The molecule has 1 unspecified atom stereocenters. The van der Waals surface area contributed by atoms with E-state index in [1.54, 1.807) is 0 Å². The molecule has 1 aromatic heterocycles. The Balaban J connectivity index is 1.95. The number of hydrogen-bond donors (Lipinski definition) is 1. The van der Waals surface area contributed by atoms with E-state index >= 15 is 0 Å². The van der Waals surface area contributed by atoms with Gasteiger partial charge in [0.1, 0.15) is 0 Å². The molecule has 5 nitrogen and oxygen atoms in total. The number of nitrogens with zero attached hydrogens (tertiary/aromatic N) is 3. The third-order valence-electron chi connectivity index (χ3n) is 3.45. The molecule has 1 amide bonds. The summed E-state index contributed by atoms with van der Waals surface area (Å²) in [5.41, 5.74) is 2.05. The monoisotopic (exact) mass is 358 g/mol. The van der Waals surface area contributed by atoms with Gasteiger partial charge in [-0.1, -0.05) is 36.0 Å². The topological polar surface area (TPSA) is 59.8 Å². The number of aromatic nitrogens is 3. The zero-order valence-corrected chi connectivity index (χ0v) is 14.2. The highest BCUT2D eigenvalue weighted by Crippen LogP contribution is 2.29. The molecule has 1 aromatic carbocycles. The lowest BCUT2D eigenvalue weighted by atomic mass is 10.0. The summed E-state index contributed by atoms with van der Waals surface area (Å²) in [6.45, 7) is 3.81. The number of benzene rings is 1. The zero-order valence-electron chi connectivity index (χ0n) is 13.4. The van der Waals surface area contributed by atoms with Crippen molar-refractivity contribution < 1.29 is 18.0 Å². The molecule has 9 heteroatoms. The molecule has 0 radical (unpaired) electrons. The SMILES string of the molecule is Cc1ccccc1C(C)NC(=O)CSc1nnc(C(F)(F)F)n1C. The second-order valence-corrected chi connectivity index (χ2v) is 6.24. The Morgan fingerprint density at radius 1 is 1.33 bits per heavy atom. The van der Waals surface area contributed by atoms with Crippen molar-refractivity contribution in [1.82, 2.24) is 20.1 Å². The highest BCUT2D eigenvalue weighted by Gasteiger charge is 2.37. The van der Waals surface area contributed by atoms with E-state index in [0.29, 0.717) is 0 Å². The van der Waals surface area contributed by atoms with Gasteiger partial charge in [0, 0.05) is 7.05 Å². The van der Waals surface area contributed by atoms with Gasteiger partial charge in [-0.2, -0.15) is 13.2 Å². The lowest BCUT2D eigenvalue weighted by Gasteiger charge is -2.16. The highest BCUT2D eigenvalue weighted by atomic mass is 32.2. The number of amides is 1. The predicted octanol–water partition coefficient (Wildman–Crippen LogP) is 3.11. The van der Waals surface area contributed by atoms with Crippen LogP contribution in [0.25, 0.3) is 0 Å². The minimum atomic E-state index is -4.57. The van der Waals surface area contributed by atoms with Crippen LogP contribution in [-0.2, 0) is 18.0 Å². The van der Waals surface area contributed by atoms with E-state index in [-0.39, 0.29) is 22.9 Å². The third kappa shape index (κ3) is 4.28. The van der Waals surface area contributed by atoms with Crippen molar-refractivity contribution in [2.24, 2.45) is 7.05 Å². The number of carbonyl (C=O) groups excluding carboxylic acids is 1. The average Bonchev–Trinajstić information content (AvgIpc) is 2.86. The van der Waals surface area contributed by atoms with Crippen LogP contribution < -0.4 is 5.32 Å². The molecule has 0 aliphatic rings. The Kier molecular flexibility index (Phi) is 5.53. The van der Waals surface area contributed by atoms with Gasteiger partial charge in [-0.05, 0) is 25.0 Å². The summed E-state index contributed by atoms with van der Waals surface area (Å²) in [4.78, 5) is 12.0.